The van der Waals surface area contributed by atoms with Gasteiger partial charge in [0.1, 0.15) is 5.69 Å². The van der Waals surface area contributed by atoms with Crippen LogP contribution >= 0.6 is 0 Å². The molecule has 0 radical (unpaired) electrons. The van der Waals surface area contributed by atoms with E-state index in [9.17, 15) is 8.78 Å². The van der Waals surface area contributed by atoms with Crippen LogP contribution < -0.4 is 0 Å². The van der Waals surface area contributed by atoms with Gasteiger partial charge in [0.15, 0.2) is 0 Å². The molecule has 0 aliphatic carbocycles. The summed E-state index contributed by atoms with van der Waals surface area (Å²) in [5.41, 5.74) is -0.0833. The quantitative estimate of drug-likeness (QED) is 0.628. The number of H-pyrrole nitrogens is 1. The lowest BCUT2D eigenvalue weighted by molar-refractivity contribution is 0.426. The molecule has 1 aromatic rings. The Hall–Kier alpha value is -1.39. The zero-order valence-corrected chi connectivity index (χ0v) is 4.81. The highest BCUT2D eigenvalue weighted by molar-refractivity contribution is 5.49. The molecule has 0 atom stereocenters. The third kappa shape index (κ3) is 1.31. The minimum atomic E-state index is -1.88. The standard InChI is InChI=1S/C5H4F2N2O/c6-4(7)1-3-5(10)9-2-8-3/h1-2,10H,(H,8,9). The van der Waals surface area contributed by atoms with Crippen LogP contribution in [0.1, 0.15) is 5.69 Å². The van der Waals surface area contributed by atoms with Crippen molar-refractivity contribution in [2.45, 2.75) is 0 Å². The molecule has 54 valence electrons. The fourth-order valence-electron chi connectivity index (χ4n) is 0.512. The van der Waals surface area contributed by atoms with Crippen molar-refractivity contribution in [3.05, 3.63) is 18.1 Å². The molecule has 0 aliphatic heterocycles. The number of hydrogen-bond acceptors (Lipinski definition) is 2. The van der Waals surface area contributed by atoms with Gasteiger partial charge in [-0.15, -0.1) is 0 Å². The van der Waals surface area contributed by atoms with Gasteiger partial charge in [-0.1, -0.05) is 0 Å². The molecular formula is C5H4F2N2O. The Morgan fingerprint density at radius 1 is 1.70 bits per heavy atom. The summed E-state index contributed by atoms with van der Waals surface area (Å²) in [4.78, 5) is 5.61. The van der Waals surface area contributed by atoms with Crippen molar-refractivity contribution in [3.63, 3.8) is 0 Å². The van der Waals surface area contributed by atoms with Gasteiger partial charge in [0.05, 0.1) is 6.33 Å². The van der Waals surface area contributed by atoms with E-state index in [1.54, 1.807) is 0 Å². The van der Waals surface area contributed by atoms with Gasteiger partial charge < -0.3 is 10.1 Å². The first kappa shape index (κ1) is 6.73. The maximum atomic E-state index is 11.5. The average Bonchev–Trinajstić information content (AvgIpc) is 2.15. The lowest BCUT2D eigenvalue weighted by Gasteiger charge is -1.83. The Labute approximate surface area is 55.0 Å². The normalized spacial score (nSPS) is 9.40. The van der Waals surface area contributed by atoms with Gasteiger partial charge >= 0.3 is 0 Å². The molecule has 1 rings (SSSR count). The van der Waals surface area contributed by atoms with Crippen molar-refractivity contribution in [1.82, 2.24) is 9.97 Å². The zero-order chi connectivity index (χ0) is 7.56. The third-order valence-electron chi connectivity index (χ3n) is 0.901. The molecule has 0 spiro atoms. The molecule has 3 nitrogen and oxygen atoms in total. The average molecular weight is 146 g/mol. The van der Waals surface area contributed by atoms with Gasteiger partial charge in [0.2, 0.25) is 5.88 Å². The van der Waals surface area contributed by atoms with Crippen molar-refractivity contribution in [1.29, 1.82) is 0 Å². The number of halogens is 2. The van der Waals surface area contributed by atoms with E-state index in [2.05, 4.69) is 9.97 Å². The summed E-state index contributed by atoms with van der Waals surface area (Å²) in [6, 6.07) is 0. The number of aromatic hydroxyl groups is 1. The van der Waals surface area contributed by atoms with Crippen molar-refractivity contribution < 1.29 is 13.9 Å². The number of aromatic amines is 1. The molecule has 0 bridgehead atoms. The van der Waals surface area contributed by atoms with E-state index in [1.165, 1.54) is 0 Å². The second kappa shape index (κ2) is 2.47. The molecule has 0 saturated heterocycles. The first-order valence-corrected chi connectivity index (χ1v) is 2.45. The predicted octanol–water partition coefficient (Wildman–Crippen LogP) is 1.35. The second-order valence-corrected chi connectivity index (χ2v) is 1.57. The van der Waals surface area contributed by atoms with Crippen LogP contribution in [0.2, 0.25) is 0 Å². The zero-order valence-electron chi connectivity index (χ0n) is 4.81. The van der Waals surface area contributed by atoms with Gasteiger partial charge in [-0.05, 0) is 0 Å². The van der Waals surface area contributed by atoms with E-state index in [0.29, 0.717) is 6.08 Å². The number of aromatic nitrogens is 2. The van der Waals surface area contributed by atoms with Crippen LogP contribution in [0.3, 0.4) is 0 Å². The first-order valence-electron chi connectivity index (χ1n) is 2.45. The Morgan fingerprint density at radius 3 is 2.80 bits per heavy atom. The summed E-state index contributed by atoms with van der Waals surface area (Å²) in [6.45, 7) is 0. The highest BCUT2D eigenvalue weighted by Crippen LogP contribution is 2.14. The van der Waals surface area contributed by atoms with Crippen molar-refractivity contribution in [2.75, 3.05) is 0 Å². The number of nitrogens with one attached hydrogen (secondary N) is 1. The third-order valence-corrected chi connectivity index (χ3v) is 0.901. The van der Waals surface area contributed by atoms with Gasteiger partial charge in [-0.25, -0.2) is 4.98 Å². The molecule has 0 fully saturated rings. The summed E-state index contributed by atoms with van der Waals surface area (Å²) in [7, 11) is 0. The summed E-state index contributed by atoms with van der Waals surface area (Å²) < 4.78 is 23.0. The van der Waals surface area contributed by atoms with E-state index in [1.807, 2.05) is 0 Å². The smallest absolute Gasteiger partial charge is 0.272 e. The predicted molar refractivity (Wildman–Crippen MR) is 30.4 cm³/mol. The highest BCUT2D eigenvalue weighted by Gasteiger charge is 2.00. The highest BCUT2D eigenvalue weighted by atomic mass is 19.3. The van der Waals surface area contributed by atoms with Crippen LogP contribution in [-0.4, -0.2) is 15.1 Å². The molecule has 0 amide bonds. The summed E-state index contributed by atoms with van der Waals surface area (Å²) in [5, 5.41) is 8.68. The molecule has 0 aromatic carbocycles. The van der Waals surface area contributed by atoms with E-state index in [0.717, 1.165) is 6.33 Å². The summed E-state index contributed by atoms with van der Waals surface area (Å²) in [6.07, 6.45) is -0.244. The minimum Gasteiger partial charge on any atom is -0.492 e. The van der Waals surface area contributed by atoms with Crippen molar-refractivity contribution in [2.24, 2.45) is 0 Å². The Morgan fingerprint density at radius 2 is 2.40 bits per heavy atom. The molecule has 1 aromatic heterocycles. The topological polar surface area (TPSA) is 48.9 Å². The van der Waals surface area contributed by atoms with Crippen LogP contribution in [-0.2, 0) is 0 Å². The van der Waals surface area contributed by atoms with E-state index >= 15 is 0 Å². The molecule has 1 heterocycles. The molecule has 2 N–H and O–H groups in total. The van der Waals surface area contributed by atoms with Crippen molar-refractivity contribution in [3.8, 4) is 5.88 Å². The molecule has 0 unspecified atom stereocenters. The fourth-order valence-corrected chi connectivity index (χ4v) is 0.512. The van der Waals surface area contributed by atoms with Crippen LogP contribution in [0, 0.1) is 0 Å². The van der Waals surface area contributed by atoms with Crippen LogP contribution in [0.5, 0.6) is 5.88 Å². The minimum absolute atomic E-state index is 0.0833. The SMILES string of the molecule is Oc1nc[nH]c1C=C(F)F. The molecular weight excluding hydrogens is 142 g/mol. The largest absolute Gasteiger partial charge is 0.492 e. The second-order valence-electron chi connectivity index (χ2n) is 1.57. The first-order chi connectivity index (χ1) is 4.70. The van der Waals surface area contributed by atoms with Gasteiger partial charge in [-0.3, -0.25) is 0 Å². The van der Waals surface area contributed by atoms with E-state index in [-0.39, 0.29) is 5.69 Å². The maximum Gasteiger partial charge on any atom is 0.272 e. The Balaban J connectivity index is 2.95. The molecule has 10 heavy (non-hydrogen) atoms. The Bertz CT molecular complexity index is 252. The number of hydrogen-bond donors (Lipinski definition) is 2. The van der Waals surface area contributed by atoms with Crippen molar-refractivity contribution >= 4 is 6.08 Å². The van der Waals surface area contributed by atoms with Crippen LogP contribution in [0.4, 0.5) is 8.78 Å². The van der Waals surface area contributed by atoms with Gasteiger partial charge in [-0.2, -0.15) is 8.78 Å². The Kier molecular flexibility index (Phi) is 1.66. The number of imidazole rings is 1. The van der Waals surface area contributed by atoms with Crippen LogP contribution in [0.15, 0.2) is 12.4 Å². The lowest BCUT2D eigenvalue weighted by Crippen LogP contribution is -1.70. The summed E-state index contributed by atoms with van der Waals surface area (Å²) in [5.74, 6) is -0.423. The monoisotopic (exact) mass is 146 g/mol. The van der Waals surface area contributed by atoms with E-state index < -0.39 is 12.0 Å². The lowest BCUT2D eigenvalue weighted by atomic mass is 10.4. The fraction of sp³-hybridized carbons (Fsp3) is 0. The van der Waals surface area contributed by atoms with Crippen LogP contribution in [0.25, 0.3) is 6.08 Å². The number of nitrogens with zero attached hydrogens (tertiary/aromatic N) is 1. The molecule has 0 aliphatic rings. The van der Waals surface area contributed by atoms with Gasteiger partial charge in [0, 0.05) is 6.08 Å². The van der Waals surface area contributed by atoms with E-state index in [4.69, 9.17) is 5.11 Å². The molecule has 5 heteroatoms. The molecule has 0 saturated carbocycles. The van der Waals surface area contributed by atoms with Gasteiger partial charge in [0.25, 0.3) is 6.08 Å². The maximum absolute atomic E-state index is 11.5. The number of rotatable bonds is 1. The summed E-state index contributed by atoms with van der Waals surface area (Å²) >= 11 is 0.